The summed E-state index contributed by atoms with van der Waals surface area (Å²) in [5.74, 6) is 0.564. The number of likely N-dealkylation sites (tertiary alicyclic amines) is 1. The number of amides is 1. The lowest BCUT2D eigenvalue weighted by molar-refractivity contribution is -0.189. The van der Waals surface area contributed by atoms with Gasteiger partial charge < -0.3 is 19.4 Å². The molecule has 3 saturated heterocycles. The third-order valence-corrected chi connectivity index (χ3v) is 13.9. The number of hydrogen-bond acceptors (Lipinski definition) is 9. The average Bonchev–Trinajstić information content (AvgIpc) is 3.53. The van der Waals surface area contributed by atoms with Gasteiger partial charge in [-0.2, -0.15) is 5.26 Å². The van der Waals surface area contributed by atoms with Crippen LogP contribution >= 0.6 is 0 Å². The molecule has 2 N–H and O–H groups in total. The van der Waals surface area contributed by atoms with Crippen LogP contribution in [-0.4, -0.2) is 110 Å². The number of aryl methyl sites for hydroxylation is 1. The van der Waals surface area contributed by atoms with Crippen LogP contribution in [0, 0.1) is 35.5 Å². The molecule has 1 spiro atoms. The summed E-state index contributed by atoms with van der Waals surface area (Å²) in [4.78, 5) is 37.7. The maximum atomic E-state index is 15.5. The summed E-state index contributed by atoms with van der Waals surface area (Å²) >= 11 is 0. The van der Waals surface area contributed by atoms with Crippen LogP contribution in [0.5, 0.6) is 0 Å². The molecule has 10 heteroatoms. The minimum Gasteiger partial charge on any atom is -0.373 e. The Morgan fingerprint density at radius 3 is 2.57 bits per heavy atom. The first-order chi connectivity index (χ1) is 24.7. The zero-order valence-corrected chi connectivity index (χ0v) is 31.4. The standard InChI is InChI=1S/C41H61N7O3/c1-5-36(49)48-24-23-47(26-31(48)19-21-42)41(30-14-9-7-6-8-10-15-30)34-18-20-40(25-33-29(2)13-11-17-35(33)46(4)28-40)38(50)37(34)43-39(44-41)51-27-32-16-12-22-45(32)3/h5,11,13,17,30-32,34,37,39,43-44H,1,6-10,12,14-16,18-20,22-28H2,2-4H3/t31?,32?,34?,37?,39?,40-,41?/m0/s1. The molecule has 7 atom stereocenters. The molecule has 1 aromatic carbocycles. The molecule has 2 saturated carbocycles. The molecule has 1 amide bonds. The van der Waals surface area contributed by atoms with Gasteiger partial charge in [0.2, 0.25) is 5.91 Å². The fourth-order valence-corrected chi connectivity index (χ4v) is 11.2. The third kappa shape index (κ3) is 6.78. The fraction of sp³-hybridized carbons (Fsp3) is 0.732. The van der Waals surface area contributed by atoms with E-state index in [1.807, 2.05) is 4.90 Å². The van der Waals surface area contributed by atoms with Gasteiger partial charge in [-0.3, -0.25) is 25.1 Å². The van der Waals surface area contributed by atoms with E-state index in [1.165, 1.54) is 61.4 Å². The summed E-state index contributed by atoms with van der Waals surface area (Å²) in [5.41, 5.74) is 2.82. The number of ether oxygens (including phenoxy) is 1. The maximum Gasteiger partial charge on any atom is 0.246 e. The second-order valence-electron chi connectivity index (χ2n) is 16.7. The normalized spacial score (nSPS) is 35.5. The minimum atomic E-state index is -0.512. The number of carbonyl (C=O) groups excluding carboxylic acids is 2. The summed E-state index contributed by atoms with van der Waals surface area (Å²) in [6, 6.07) is 8.66. The molecule has 6 unspecified atom stereocenters. The molecular weight excluding hydrogens is 638 g/mol. The number of rotatable bonds is 7. The Morgan fingerprint density at radius 1 is 1.06 bits per heavy atom. The first-order valence-corrected chi connectivity index (χ1v) is 20.0. The zero-order chi connectivity index (χ0) is 35.8. The van der Waals surface area contributed by atoms with Gasteiger partial charge in [0.15, 0.2) is 12.1 Å². The van der Waals surface area contributed by atoms with Crippen molar-refractivity contribution in [3.63, 3.8) is 0 Å². The molecule has 6 aliphatic rings. The summed E-state index contributed by atoms with van der Waals surface area (Å²) in [6.07, 6.45) is 14.3. The van der Waals surface area contributed by atoms with Gasteiger partial charge in [0, 0.05) is 50.9 Å². The number of nitrogens with zero attached hydrogens (tertiary/aromatic N) is 5. The van der Waals surface area contributed by atoms with E-state index >= 15 is 4.79 Å². The van der Waals surface area contributed by atoms with Crippen molar-refractivity contribution in [3.05, 3.63) is 42.0 Å². The van der Waals surface area contributed by atoms with Crippen LogP contribution in [0.1, 0.15) is 88.2 Å². The molecule has 1 aromatic rings. The van der Waals surface area contributed by atoms with Gasteiger partial charge in [0.05, 0.1) is 42.3 Å². The molecule has 2 aliphatic carbocycles. The molecule has 4 aliphatic heterocycles. The van der Waals surface area contributed by atoms with Crippen molar-refractivity contribution < 1.29 is 14.3 Å². The molecule has 10 nitrogen and oxygen atoms in total. The molecule has 278 valence electrons. The summed E-state index contributed by atoms with van der Waals surface area (Å²) < 4.78 is 6.87. The topological polar surface area (TPSA) is 104 Å². The van der Waals surface area contributed by atoms with E-state index in [0.717, 1.165) is 51.6 Å². The largest absolute Gasteiger partial charge is 0.373 e. The number of benzene rings is 1. The Morgan fingerprint density at radius 2 is 1.84 bits per heavy atom. The van der Waals surface area contributed by atoms with Gasteiger partial charge >= 0.3 is 0 Å². The van der Waals surface area contributed by atoms with E-state index in [0.29, 0.717) is 44.0 Å². The average molecular weight is 700 g/mol. The Hall–Kier alpha value is -2.81. The van der Waals surface area contributed by atoms with E-state index in [-0.39, 0.29) is 30.3 Å². The van der Waals surface area contributed by atoms with Crippen molar-refractivity contribution in [1.82, 2.24) is 25.3 Å². The zero-order valence-electron chi connectivity index (χ0n) is 31.4. The highest BCUT2D eigenvalue weighted by Crippen LogP contribution is 2.52. The van der Waals surface area contributed by atoms with Crippen molar-refractivity contribution in [2.45, 2.75) is 121 Å². The van der Waals surface area contributed by atoms with Crippen LogP contribution in [0.2, 0.25) is 0 Å². The van der Waals surface area contributed by atoms with E-state index in [9.17, 15) is 10.1 Å². The van der Waals surface area contributed by atoms with Crippen LogP contribution in [-0.2, 0) is 20.7 Å². The molecule has 0 radical (unpaired) electrons. The van der Waals surface area contributed by atoms with Crippen LogP contribution in [0.4, 0.5) is 5.69 Å². The lowest BCUT2D eigenvalue weighted by Gasteiger charge is -2.64. The van der Waals surface area contributed by atoms with E-state index in [4.69, 9.17) is 4.74 Å². The van der Waals surface area contributed by atoms with Gasteiger partial charge in [-0.05, 0) is 94.6 Å². The van der Waals surface area contributed by atoms with Gasteiger partial charge in [0.1, 0.15) is 0 Å². The monoisotopic (exact) mass is 699 g/mol. The third-order valence-electron chi connectivity index (χ3n) is 13.9. The van der Waals surface area contributed by atoms with Crippen LogP contribution in [0.15, 0.2) is 30.9 Å². The van der Waals surface area contributed by atoms with Crippen molar-refractivity contribution in [2.24, 2.45) is 17.3 Å². The number of likely N-dealkylation sites (N-methyl/N-ethyl adjacent to an activating group) is 1. The second-order valence-corrected chi connectivity index (χ2v) is 16.7. The number of nitrogens with one attached hydrogen (secondary N) is 2. The highest BCUT2D eigenvalue weighted by atomic mass is 16.5. The first-order valence-electron chi connectivity index (χ1n) is 20.0. The smallest absolute Gasteiger partial charge is 0.246 e. The number of piperazine rings is 1. The van der Waals surface area contributed by atoms with Crippen molar-refractivity contribution >= 4 is 17.4 Å². The van der Waals surface area contributed by atoms with Crippen molar-refractivity contribution in [1.29, 1.82) is 5.26 Å². The SMILES string of the molecule is C=CC(=O)N1CCN(C2(C3CCCCCCC3)NC(OCC3CCCN3C)NC3C(=O)[C@@]4(CCC32)Cc2c(C)cccc2N(C)C4)CC1CC#N. The van der Waals surface area contributed by atoms with Crippen LogP contribution in [0.3, 0.4) is 0 Å². The number of carbonyl (C=O) groups is 2. The highest BCUT2D eigenvalue weighted by molar-refractivity contribution is 5.93. The molecule has 0 aromatic heterocycles. The van der Waals surface area contributed by atoms with Gasteiger partial charge in [0.25, 0.3) is 0 Å². The Labute approximate surface area is 305 Å². The summed E-state index contributed by atoms with van der Waals surface area (Å²) in [7, 11) is 4.33. The van der Waals surface area contributed by atoms with Gasteiger partial charge in [-0.25, -0.2) is 0 Å². The minimum absolute atomic E-state index is 0.0296. The van der Waals surface area contributed by atoms with Gasteiger partial charge in [-0.1, -0.05) is 50.8 Å². The number of hydrogen-bond donors (Lipinski definition) is 2. The molecule has 0 bridgehead atoms. The molecule has 7 rings (SSSR count). The quantitative estimate of drug-likeness (QED) is 0.396. The number of ketones is 1. The fourth-order valence-electron chi connectivity index (χ4n) is 11.2. The summed E-state index contributed by atoms with van der Waals surface area (Å²) in [5, 5.41) is 17.9. The van der Waals surface area contributed by atoms with E-state index in [1.54, 1.807) is 0 Å². The van der Waals surface area contributed by atoms with E-state index in [2.05, 4.69) is 77.2 Å². The Balaban J connectivity index is 1.29. The number of Topliss-reactive ketones (excluding diaryl/α,β-unsaturated/α-hetero) is 1. The maximum absolute atomic E-state index is 15.5. The Bertz CT molecular complexity index is 1490. The second kappa shape index (κ2) is 15.3. The molecule has 51 heavy (non-hydrogen) atoms. The van der Waals surface area contributed by atoms with Crippen molar-refractivity contribution in [3.8, 4) is 6.07 Å². The van der Waals surface area contributed by atoms with Crippen LogP contribution < -0.4 is 15.5 Å². The first kappa shape index (κ1) is 36.5. The predicted octanol–water partition coefficient (Wildman–Crippen LogP) is 4.58. The lowest BCUT2D eigenvalue weighted by atomic mass is 9.57. The van der Waals surface area contributed by atoms with Crippen molar-refractivity contribution in [2.75, 3.05) is 58.3 Å². The number of nitriles is 1. The predicted molar refractivity (Wildman–Crippen MR) is 200 cm³/mol. The Kier molecular flexibility index (Phi) is 10.9. The lowest BCUT2D eigenvalue weighted by Crippen LogP contribution is -2.83. The van der Waals surface area contributed by atoms with E-state index < -0.39 is 17.4 Å². The number of fused-ring (bicyclic) bond motifs is 2. The van der Waals surface area contributed by atoms with Crippen LogP contribution in [0.25, 0.3) is 0 Å². The summed E-state index contributed by atoms with van der Waals surface area (Å²) in [6.45, 7) is 10.2. The molecular formula is C41H61N7O3. The highest BCUT2D eigenvalue weighted by Gasteiger charge is 2.63. The molecule has 4 heterocycles. The molecule has 5 fully saturated rings. The van der Waals surface area contributed by atoms with Gasteiger partial charge in [-0.15, -0.1) is 0 Å². The number of anilines is 1.